The maximum Gasteiger partial charge on any atom is 0.326 e. The quantitative estimate of drug-likeness (QED) is 0.675. The van der Waals surface area contributed by atoms with Crippen molar-refractivity contribution in [2.45, 2.75) is 77.8 Å². The highest BCUT2D eigenvalue weighted by Crippen LogP contribution is 2.26. The van der Waals surface area contributed by atoms with Gasteiger partial charge in [-0.1, -0.05) is 46.0 Å². The standard InChI is InChI=1S/C16H30N2O3/c1-4-12(5-2)11(3)17-16(21)18-14(15(19)20)13-9-7-6-8-10-13/h11-14H,4-10H2,1-3H3,(H,19,20)(H2,17,18,21). The van der Waals surface area contributed by atoms with Crippen molar-refractivity contribution in [3.63, 3.8) is 0 Å². The first-order valence-corrected chi connectivity index (χ1v) is 8.29. The van der Waals surface area contributed by atoms with Crippen molar-refractivity contribution in [3.05, 3.63) is 0 Å². The Morgan fingerprint density at radius 1 is 1.10 bits per heavy atom. The number of carboxylic acids is 1. The number of aliphatic carboxylic acids is 1. The molecule has 122 valence electrons. The molecule has 1 aliphatic carbocycles. The molecular formula is C16H30N2O3. The summed E-state index contributed by atoms with van der Waals surface area (Å²) in [4.78, 5) is 23.5. The van der Waals surface area contributed by atoms with Gasteiger partial charge in [0.05, 0.1) is 0 Å². The van der Waals surface area contributed by atoms with Crippen LogP contribution in [0.15, 0.2) is 0 Å². The average molecular weight is 298 g/mol. The van der Waals surface area contributed by atoms with Crippen LogP contribution >= 0.6 is 0 Å². The van der Waals surface area contributed by atoms with Gasteiger partial charge in [-0.25, -0.2) is 9.59 Å². The fraction of sp³-hybridized carbons (Fsp3) is 0.875. The lowest BCUT2D eigenvalue weighted by molar-refractivity contribution is -0.141. The van der Waals surface area contributed by atoms with Crippen LogP contribution in [0.4, 0.5) is 4.79 Å². The second-order valence-electron chi connectivity index (χ2n) is 6.20. The van der Waals surface area contributed by atoms with Crippen LogP contribution in [0.3, 0.4) is 0 Å². The lowest BCUT2D eigenvalue weighted by Gasteiger charge is -2.29. The molecule has 0 radical (unpaired) electrons. The molecule has 5 nitrogen and oxygen atoms in total. The van der Waals surface area contributed by atoms with Crippen LogP contribution < -0.4 is 10.6 Å². The molecule has 2 amide bonds. The third-order valence-corrected chi connectivity index (χ3v) is 4.79. The maximum atomic E-state index is 12.1. The Morgan fingerprint density at radius 2 is 1.67 bits per heavy atom. The van der Waals surface area contributed by atoms with Crippen LogP contribution in [-0.4, -0.2) is 29.2 Å². The van der Waals surface area contributed by atoms with Crippen molar-refractivity contribution in [2.75, 3.05) is 0 Å². The van der Waals surface area contributed by atoms with E-state index < -0.39 is 12.0 Å². The van der Waals surface area contributed by atoms with Gasteiger partial charge >= 0.3 is 12.0 Å². The Hall–Kier alpha value is -1.26. The van der Waals surface area contributed by atoms with Gasteiger partial charge in [0, 0.05) is 6.04 Å². The lowest BCUT2D eigenvalue weighted by Crippen LogP contribution is -2.52. The predicted molar refractivity (Wildman–Crippen MR) is 83.2 cm³/mol. The highest BCUT2D eigenvalue weighted by atomic mass is 16.4. The van der Waals surface area contributed by atoms with Gasteiger partial charge in [-0.15, -0.1) is 0 Å². The monoisotopic (exact) mass is 298 g/mol. The lowest BCUT2D eigenvalue weighted by atomic mass is 9.84. The van der Waals surface area contributed by atoms with Gasteiger partial charge in [0.2, 0.25) is 0 Å². The fourth-order valence-corrected chi connectivity index (χ4v) is 3.35. The molecule has 3 N–H and O–H groups in total. The molecule has 1 rings (SSSR count). The third-order valence-electron chi connectivity index (χ3n) is 4.79. The summed E-state index contributed by atoms with van der Waals surface area (Å²) in [6, 6.07) is -1.06. The van der Waals surface area contributed by atoms with E-state index in [0.29, 0.717) is 5.92 Å². The molecule has 0 aromatic carbocycles. The highest BCUT2D eigenvalue weighted by Gasteiger charge is 2.31. The number of carbonyl (C=O) groups is 2. The van der Waals surface area contributed by atoms with Gasteiger partial charge in [0.1, 0.15) is 6.04 Å². The van der Waals surface area contributed by atoms with Crippen molar-refractivity contribution in [1.82, 2.24) is 10.6 Å². The Morgan fingerprint density at radius 3 is 2.14 bits per heavy atom. The zero-order valence-corrected chi connectivity index (χ0v) is 13.5. The second kappa shape index (κ2) is 8.90. The summed E-state index contributed by atoms with van der Waals surface area (Å²) in [5, 5.41) is 14.9. The number of carboxylic acid groups (broad SMARTS) is 1. The Balaban J connectivity index is 2.54. The number of hydrogen-bond acceptors (Lipinski definition) is 2. The number of hydrogen-bond donors (Lipinski definition) is 3. The number of amides is 2. The van der Waals surface area contributed by atoms with E-state index in [-0.39, 0.29) is 18.0 Å². The molecule has 1 saturated carbocycles. The Kier molecular flexibility index (Phi) is 7.54. The van der Waals surface area contributed by atoms with Crippen molar-refractivity contribution >= 4 is 12.0 Å². The largest absolute Gasteiger partial charge is 0.480 e. The third kappa shape index (κ3) is 5.56. The molecular weight excluding hydrogens is 268 g/mol. The van der Waals surface area contributed by atoms with Crippen LogP contribution in [0.5, 0.6) is 0 Å². The summed E-state index contributed by atoms with van der Waals surface area (Å²) < 4.78 is 0. The molecule has 5 heteroatoms. The molecule has 21 heavy (non-hydrogen) atoms. The number of urea groups is 1. The number of nitrogens with one attached hydrogen (secondary N) is 2. The summed E-state index contributed by atoms with van der Waals surface area (Å²) in [6.07, 6.45) is 7.06. The van der Waals surface area contributed by atoms with Gasteiger partial charge in [0.25, 0.3) is 0 Å². The number of carbonyl (C=O) groups excluding carboxylic acids is 1. The maximum absolute atomic E-state index is 12.1. The molecule has 2 atom stereocenters. The zero-order chi connectivity index (χ0) is 15.8. The molecule has 2 unspecified atom stereocenters. The van der Waals surface area contributed by atoms with Crippen molar-refractivity contribution in [3.8, 4) is 0 Å². The molecule has 1 fully saturated rings. The minimum atomic E-state index is -0.924. The second-order valence-corrected chi connectivity index (χ2v) is 6.20. The zero-order valence-electron chi connectivity index (χ0n) is 13.5. The van der Waals surface area contributed by atoms with E-state index in [0.717, 1.165) is 38.5 Å². The summed E-state index contributed by atoms with van der Waals surface area (Å²) in [5.41, 5.74) is 0. The van der Waals surface area contributed by atoms with Crippen LogP contribution in [0.2, 0.25) is 0 Å². The van der Waals surface area contributed by atoms with E-state index in [1.54, 1.807) is 0 Å². The first-order valence-electron chi connectivity index (χ1n) is 8.29. The van der Waals surface area contributed by atoms with Crippen LogP contribution in [0.25, 0.3) is 0 Å². The van der Waals surface area contributed by atoms with Gasteiger partial charge in [-0.05, 0) is 31.6 Å². The first kappa shape index (κ1) is 17.8. The number of rotatable bonds is 7. The highest BCUT2D eigenvalue weighted by molar-refractivity contribution is 5.82. The molecule has 0 aliphatic heterocycles. The van der Waals surface area contributed by atoms with Gasteiger partial charge in [-0.3, -0.25) is 0 Å². The van der Waals surface area contributed by atoms with Gasteiger partial charge < -0.3 is 15.7 Å². The van der Waals surface area contributed by atoms with Crippen LogP contribution in [0, 0.1) is 11.8 Å². The van der Waals surface area contributed by atoms with Crippen molar-refractivity contribution < 1.29 is 14.7 Å². The normalized spacial score (nSPS) is 19.0. The van der Waals surface area contributed by atoms with E-state index in [1.807, 2.05) is 6.92 Å². The predicted octanol–water partition coefficient (Wildman–Crippen LogP) is 3.14. The topological polar surface area (TPSA) is 78.4 Å². The molecule has 0 aromatic heterocycles. The first-order chi connectivity index (χ1) is 9.99. The average Bonchev–Trinajstić information content (AvgIpc) is 2.46. The van der Waals surface area contributed by atoms with Gasteiger partial charge in [-0.2, -0.15) is 0 Å². The van der Waals surface area contributed by atoms with E-state index in [4.69, 9.17) is 0 Å². The molecule has 0 aromatic rings. The smallest absolute Gasteiger partial charge is 0.326 e. The van der Waals surface area contributed by atoms with E-state index in [1.165, 1.54) is 6.42 Å². The minimum absolute atomic E-state index is 0.0563. The van der Waals surface area contributed by atoms with Crippen LogP contribution in [-0.2, 0) is 4.79 Å². The van der Waals surface area contributed by atoms with E-state index >= 15 is 0 Å². The van der Waals surface area contributed by atoms with Crippen molar-refractivity contribution in [2.24, 2.45) is 11.8 Å². The minimum Gasteiger partial charge on any atom is -0.480 e. The SMILES string of the molecule is CCC(CC)C(C)NC(=O)NC(C(=O)O)C1CCCCC1. The molecule has 0 spiro atoms. The molecule has 0 bridgehead atoms. The summed E-state index contributed by atoms with van der Waals surface area (Å²) in [6.45, 7) is 6.19. The van der Waals surface area contributed by atoms with E-state index in [2.05, 4.69) is 24.5 Å². The summed E-state index contributed by atoms with van der Waals surface area (Å²) in [5.74, 6) is -0.439. The molecule has 1 aliphatic rings. The van der Waals surface area contributed by atoms with E-state index in [9.17, 15) is 14.7 Å². The molecule has 0 heterocycles. The Bertz CT molecular complexity index is 336. The summed E-state index contributed by atoms with van der Waals surface area (Å²) in [7, 11) is 0. The van der Waals surface area contributed by atoms with Crippen molar-refractivity contribution in [1.29, 1.82) is 0 Å². The van der Waals surface area contributed by atoms with Crippen LogP contribution in [0.1, 0.15) is 65.7 Å². The summed E-state index contributed by atoms with van der Waals surface area (Å²) >= 11 is 0. The van der Waals surface area contributed by atoms with Gasteiger partial charge in [0.15, 0.2) is 0 Å². The molecule has 0 saturated heterocycles. The Labute approximate surface area is 127 Å². The fourth-order valence-electron chi connectivity index (χ4n) is 3.35.